The highest BCUT2D eigenvalue weighted by Crippen LogP contribution is 2.41. The molecule has 2 amide bonds. The van der Waals surface area contributed by atoms with Gasteiger partial charge >= 0.3 is 6.03 Å². The second-order valence-electron chi connectivity index (χ2n) is 5.68. The number of thiazole rings is 1. The summed E-state index contributed by atoms with van der Waals surface area (Å²) in [5.41, 5.74) is 1.37. The minimum atomic E-state index is -0.593. The van der Waals surface area contributed by atoms with Gasteiger partial charge in [-0.1, -0.05) is 6.07 Å². The zero-order valence-electron chi connectivity index (χ0n) is 12.8. The average Bonchev–Trinajstić information content (AvgIpc) is 3.13. The molecule has 7 heteroatoms. The van der Waals surface area contributed by atoms with Gasteiger partial charge in [0.15, 0.2) is 0 Å². The maximum absolute atomic E-state index is 13.7. The van der Waals surface area contributed by atoms with Crippen molar-refractivity contribution in [2.45, 2.75) is 38.8 Å². The topological polar surface area (TPSA) is 54.0 Å². The van der Waals surface area contributed by atoms with E-state index in [-0.39, 0.29) is 18.0 Å². The van der Waals surface area contributed by atoms with E-state index >= 15 is 0 Å². The molecule has 1 saturated carbocycles. The van der Waals surface area contributed by atoms with Crippen molar-refractivity contribution in [2.24, 2.45) is 0 Å². The van der Waals surface area contributed by atoms with Crippen molar-refractivity contribution in [1.82, 2.24) is 15.6 Å². The predicted octanol–water partition coefficient (Wildman–Crippen LogP) is 3.39. The normalized spacial score (nSPS) is 19.5. The number of amides is 2. The number of rotatable bonds is 4. The van der Waals surface area contributed by atoms with Gasteiger partial charge in [-0.15, -0.1) is 11.3 Å². The summed E-state index contributed by atoms with van der Waals surface area (Å²) in [5.74, 6) is -1.24. The lowest BCUT2D eigenvalue weighted by Crippen LogP contribution is -2.36. The number of nitrogens with one attached hydrogen (secondary N) is 2. The largest absolute Gasteiger partial charge is 0.335 e. The highest BCUT2D eigenvalue weighted by atomic mass is 32.1. The first kappa shape index (κ1) is 15.9. The highest BCUT2D eigenvalue weighted by Gasteiger charge is 2.41. The van der Waals surface area contributed by atoms with Gasteiger partial charge in [-0.3, -0.25) is 0 Å². The zero-order valence-corrected chi connectivity index (χ0v) is 13.6. The summed E-state index contributed by atoms with van der Waals surface area (Å²) in [7, 11) is 0. The Balaban J connectivity index is 1.51. The van der Waals surface area contributed by atoms with Crippen LogP contribution >= 0.6 is 11.3 Å². The lowest BCUT2D eigenvalue weighted by Gasteiger charge is -2.07. The van der Waals surface area contributed by atoms with E-state index in [1.165, 1.54) is 12.1 Å². The number of urea groups is 1. The van der Waals surface area contributed by atoms with Crippen molar-refractivity contribution < 1.29 is 13.6 Å². The van der Waals surface area contributed by atoms with E-state index in [4.69, 9.17) is 0 Å². The first-order valence-corrected chi connectivity index (χ1v) is 8.18. The summed E-state index contributed by atoms with van der Waals surface area (Å²) in [6, 6.07) is 3.16. The van der Waals surface area contributed by atoms with Crippen LogP contribution in [-0.2, 0) is 6.54 Å². The summed E-state index contributed by atoms with van der Waals surface area (Å²) in [6.45, 7) is 4.26. The first-order chi connectivity index (χ1) is 10.9. The summed E-state index contributed by atoms with van der Waals surface area (Å²) in [4.78, 5) is 17.2. The molecule has 1 fully saturated rings. The number of hydrogen-bond donors (Lipinski definition) is 2. The third kappa shape index (κ3) is 3.67. The Morgan fingerprint density at radius 1 is 1.39 bits per heavy atom. The number of halogens is 2. The molecular weight excluding hydrogens is 320 g/mol. The molecule has 0 saturated heterocycles. The zero-order chi connectivity index (χ0) is 16.6. The van der Waals surface area contributed by atoms with Gasteiger partial charge in [-0.05, 0) is 31.9 Å². The molecule has 2 N–H and O–H groups in total. The van der Waals surface area contributed by atoms with Gasteiger partial charge in [0.2, 0.25) is 0 Å². The molecule has 0 spiro atoms. The molecule has 0 radical (unpaired) electrons. The Kier molecular flexibility index (Phi) is 4.30. The lowest BCUT2D eigenvalue weighted by atomic mass is 10.1. The number of hydrogen-bond acceptors (Lipinski definition) is 3. The Bertz CT molecular complexity index is 747. The molecule has 0 bridgehead atoms. The molecule has 1 aromatic carbocycles. The minimum Gasteiger partial charge on any atom is -0.335 e. The van der Waals surface area contributed by atoms with Crippen molar-refractivity contribution >= 4 is 17.4 Å². The first-order valence-electron chi connectivity index (χ1n) is 7.36. The Morgan fingerprint density at radius 3 is 2.83 bits per heavy atom. The number of benzene rings is 1. The third-order valence-electron chi connectivity index (χ3n) is 3.88. The SMILES string of the molecule is Cc1nc(C)c(CNC(=O)N[C@@H]2C[C@H]2c2ccc(F)cc2F)s1. The van der Waals surface area contributed by atoms with E-state index in [2.05, 4.69) is 15.6 Å². The molecule has 122 valence electrons. The number of carbonyl (C=O) groups is 1. The van der Waals surface area contributed by atoms with E-state index in [0.717, 1.165) is 21.6 Å². The molecule has 2 aromatic rings. The molecule has 2 atom stereocenters. The molecule has 23 heavy (non-hydrogen) atoms. The van der Waals surface area contributed by atoms with Crippen LogP contribution in [0.1, 0.15) is 33.5 Å². The van der Waals surface area contributed by atoms with Gasteiger partial charge < -0.3 is 10.6 Å². The van der Waals surface area contributed by atoms with Gasteiger partial charge in [0.1, 0.15) is 11.6 Å². The van der Waals surface area contributed by atoms with Crippen molar-refractivity contribution in [3.05, 3.63) is 51.0 Å². The maximum atomic E-state index is 13.7. The molecule has 3 rings (SSSR count). The van der Waals surface area contributed by atoms with E-state index < -0.39 is 11.6 Å². The fraction of sp³-hybridized carbons (Fsp3) is 0.375. The molecule has 1 heterocycles. The van der Waals surface area contributed by atoms with Crippen LogP contribution in [0.4, 0.5) is 13.6 Å². The highest BCUT2D eigenvalue weighted by molar-refractivity contribution is 7.11. The molecular formula is C16H17F2N3OS. The minimum absolute atomic E-state index is 0.0891. The standard InChI is InChI=1S/C16H17F2N3OS/c1-8-15(23-9(2)20-8)7-19-16(22)21-14-6-12(14)11-4-3-10(17)5-13(11)18/h3-5,12,14H,6-7H2,1-2H3,(H2,19,21,22)/t12-,14+/m0/s1. The predicted molar refractivity (Wildman–Crippen MR) is 84.5 cm³/mol. The van der Waals surface area contributed by atoms with Crippen LogP contribution in [-0.4, -0.2) is 17.1 Å². The van der Waals surface area contributed by atoms with E-state index in [0.29, 0.717) is 18.5 Å². The van der Waals surface area contributed by atoms with E-state index in [1.54, 1.807) is 11.3 Å². The molecule has 1 aromatic heterocycles. The third-order valence-corrected chi connectivity index (χ3v) is 4.95. The van der Waals surface area contributed by atoms with Crippen LogP contribution in [0.2, 0.25) is 0 Å². The number of aryl methyl sites for hydroxylation is 2. The summed E-state index contributed by atoms with van der Waals surface area (Å²) < 4.78 is 26.6. The second-order valence-corrected chi connectivity index (χ2v) is 6.97. The van der Waals surface area contributed by atoms with Crippen molar-refractivity contribution in [3.63, 3.8) is 0 Å². The smallest absolute Gasteiger partial charge is 0.315 e. The molecule has 1 aliphatic carbocycles. The van der Waals surface area contributed by atoms with E-state index in [1.807, 2.05) is 13.8 Å². The van der Waals surface area contributed by atoms with Gasteiger partial charge in [0.25, 0.3) is 0 Å². The van der Waals surface area contributed by atoms with Gasteiger partial charge in [0.05, 0.1) is 17.2 Å². The van der Waals surface area contributed by atoms with Crippen molar-refractivity contribution in [2.75, 3.05) is 0 Å². The number of nitrogens with zero attached hydrogens (tertiary/aromatic N) is 1. The Morgan fingerprint density at radius 2 is 2.17 bits per heavy atom. The van der Waals surface area contributed by atoms with Crippen LogP contribution in [0, 0.1) is 25.5 Å². The average molecular weight is 337 g/mol. The molecule has 1 aliphatic rings. The Labute approximate surface area is 136 Å². The number of carbonyl (C=O) groups excluding carboxylic acids is 1. The second kappa shape index (κ2) is 6.23. The quantitative estimate of drug-likeness (QED) is 0.898. The summed E-state index contributed by atoms with van der Waals surface area (Å²) in [6.07, 6.45) is 0.661. The lowest BCUT2D eigenvalue weighted by molar-refractivity contribution is 0.240. The van der Waals surface area contributed by atoms with Gasteiger partial charge in [0, 0.05) is 22.9 Å². The molecule has 0 unspecified atom stereocenters. The molecule has 4 nitrogen and oxygen atoms in total. The number of aromatic nitrogens is 1. The van der Waals surface area contributed by atoms with Gasteiger partial charge in [-0.25, -0.2) is 18.6 Å². The van der Waals surface area contributed by atoms with Crippen LogP contribution in [0.25, 0.3) is 0 Å². The fourth-order valence-electron chi connectivity index (χ4n) is 2.62. The van der Waals surface area contributed by atoms with Crippen LogP contribution < -0.4 is 10.6 Å². The van der Waals surface area contributed by atoms with Gasteiger partial charge in [-0.2, -0.15) is 0 Å². The fourth-order valence-corrected chi connectivity index (χ4v) is 3.49. The van der Waals surface area contributed by atoms with Crippen LogP contribution in [0.5, 0.6) is 0 Å². The van der Waals surface area contributed by atoms with Crippen molar-refractivity contribution in [1.29, 1.82) is 0 Å². The maximum Gasteiger partial charge on any atom is 0.315 e. The monoisotopic (exact) mass is 337 g/mol. The molecule has 0 aliphatic heterocycles. The Hall–Kier alpha value is -2.02. The van der Waals surface area contributed by atoms with Crippen LogP contribution in [0.3, 0.4) is 0 Å². The van der Waals surface area contributed by atoms with Crippen molar-refractivity contribution in [3.8, 4) is 0 Å². The van der Waals surface area contributed by atoms with Crippen LogP contribution in [0.15, 0.2) is 18.2 Å². The summed E-state index contributed by atoms with van der Waals surface area (Å²) >= 11 is 1.55. The van der Waals surface area contributed by atoms with E-state index in [9.17, 15) is 13.6 Å². The summed E-state index contributed by atoms with van der Waals surface area (Å²) in [5, 5.41) is 6.57.